The van der Waals surface area contributed by atoms with Crippen LogP contribution in [0.5, 0.6) is 0 Å². The SMILES string of the molecule is CC(C)(Sc1ccccc1)n1nnc2ccccc21. The highest BCUT2D eigenvalue weighted by Crippen LogP contribution is 2.37. The number of hydrogen-bond acceptors (Lipinski definition) is 3. The smallest absolute Gasteiger partial charge is 0.113 e. The third kappa shape index (κ3) is 2.36. The van der Waals surface area contributed by atoms with Gasteiger partial charge in [0, 0.05) is 4.90 Å². The molecule has 1 aromatic heterocycles. The van der Waals surface area contributed by atoms with E-state index in [1.54, 1.807) is 11.8 Å². The molecule has 2 aromatic carbocycles. The maximum absolute atomic E-state index is 4.31. The zero-order valence-corrected chi connectivity index (χ0v) is 11.8. The Morgan fingerprint density at radius 1 is 0.947 bits per heavy atom. The summed E-state index contributed by atoms with van der Waals surface area (Å²) in [7, 11) is 0. The fourth-order valence-electron chi connectivity index (χ4n) is 2.09. The predicted molar refractivity (Wildman–Crippen MR) is 79.1 cm³/mol. The molecule has 0 radical (unpaired) electrons. The van der Waals surface area contributed by atoms with Crippen LogP contribution < -0.4 is 0 Å². The normalized spacial score (nSPS) is 11.9. The van der Waals surface area contributed by atoms with E-state index < -0.39 is 0 Å². The van der Waals surface area contributed by atoms with Crippen LogP contribution in [0.2, 0.25) is 0 Å². The van der Waals surface area contributed by atoms with Crippen molar-refractivity contribution in [1.29, 1.82) is 0 Å². The van der Waals surface area contributed by atoms with Gasteiger partial charge in [0.2, 0.25) is 0 Å². The second-order valence-electron chi connectivity index (χ2n) is 4.85. The number of nitrogens with zero attached hydrogens (tertiary/aromatic N) is 3. The Hall–Kier alpha value is -1.81. The zero-order valence-electron chi connectivity index (χ0n) is 10.9. The number of para-hydroxylation sites is 1. The van der Waals surface area contributed by atoms with Crippen LogP contribution >= 0.6 is 11.8 Å². The molecule has 0 aliphatic rings. The van der Waals surface area contributed by atoms with Gasteiger partial charge in [0.15, 0.2) is 0 Å². The Morgan fingerprint density at radius 3 is 2.42 bits per heavy atom. The maximum Gasteiger partial charge on any atom is 0.113 e. The maximum atomic E-state index is 4.31. The summed E-state index contributed by atoms with van der Waals surface area (Å²) in [6.45, 7) is 4.32. The second kappa shape index (κ2) is 4.70. The van der Waals surface area contributed by atoms with E-state index in [2.05, 4.69) is 54.5 Å². The molecule has 1 heterocycles. The molecule has 0 fully saturated rings. The van der Waals surface area contributed by atoms with Crippen LogP contribution in [0.3, 0.4) is 0 Å². The fourth-order valence-corrected chi connectivity index (χ4v) is 3.18. The van der Waals surface area contributed by atoms with Crippen LogP contribution in [-0.2, 0) is 4.87 Å². The molecule has 0 aliphatic carbocycles. The molecule has 0 aliphatic heterocycles. The van der Waals surface area contributed by atoms with Crippen molar-refractivity contribution in [1.82, 2.24) is 15.0 Å². The van der Waals surface area contributed by atoms with Crippen LogP contribution in [0, 0.1) is 0 Å². The average Bonchev–Trinajstić information content (AvgIpc) is 2.84. The summed E-state index contributed by atoms with van der Waals surface area (Å²) in [5.41, 5.74) is 2.00. The quantitative estimate of drug-likeness (QED) is 0.675. The van der Waals surface area contributed by atoms with E-state index in [9.17, 15) is 0 Å². The van der Waals surface area contributed by atoms with E-state index in [1.807, 2.05) is 28.9 Å². The molecule has 3 nitrogen and oxygen atoms in total. The van der Waals surface area contributed by atoms with Crippen molar-refractivity contribution < 1.29 is 0 Å². The second-order valence-corrected chi connectivity index (χ2v) is 6.53. The summed E-state index contributed by atoms with van der Waals surface area (Å²) < 4.78 is 1.99. The number of benzene rings is 2. The summed E-state index contributed by atoms with van der Waals surface area (Å²) in [6.07, 6.45) is 0. The fraction of sp³-hybridized carbons (Fsp3) is 0.200. The highest BCUT2D eigenvalue weighted by atomic mass is 32.2. The summed E-state index contributed by atoms with van der Waals surface area (Å²) in [4.78, 5) is 1.05. The lowest BCUT2D eigenvalue weighted by atomic mass is 10.3. The molecule has 0 N–H and O–H groups in total. The molecule has 0 atom stereocenters. The van der Waals surface area contributed by atoms with Gasteiger partial charge in [0.1, 0.15) is 10.4 Å². The van der Waals surface area contributed by atoms with Gasteiger partial charge in [-0.05, 0) is 38.1 Å². The Kier molecular flexibility index (Phi) is 3.03. The highest BCUT2D eigenvalue weighted by Gasteiger charge is 2.25. The van der Waals surface area contributed by atoms with Gasteiger partial charge in [-0.3, -0.25) is 0 Å². The average molecular weight is 269 g/mol. The third-order valence-electron chi connectivity index (χ3n) is 2.97. The van der Waals surface area contributed by atoms with Crippen molar-refractivity contribution in [3.8, 4) is 0 Å². The van der Waals surface area contributed by atoms with Crippen molar-refractivity contribution in [3.63, 3.8) is 0 Å². The van der Waals surface area contributed by atoms with Gasteiger partial charge in [-0.25, -0.2) is 4.68 Å². The number of fused-ring (bicyclic) bond motifs is 1. The Balaban J connectivity index is 2.00. The molecule has 96 valence electrons. The van der Waals surface area contributed by atoms with Crippen molar-refractivity contribution in [2.24, 2.45) is 0 Å². The minimum absolute atomic E-state index is 0.183. The van der Waals surface area contributed by atoms with E-state index >= 15 is 0 Å². The van der Waals surface area contributed by atoms with Gasteiger partial charge >= 0.3 is 0 Å². The first-order valence-electron chi connectivity index (χ1n) is 6.22. The molecule has 0 saturated carbocycles. The summed E-state index contributed by atoms with van der Waals surface area (Å²) in [6, 6.07) is 18.4. The highest BCUT2D eigenvalue weighted by molar-refractivity contribution is 8.00. The molecule has 0 unspecified atom stereocenters. The molecular formula is C15H15N3S. The molecular weight excluding hydrogens is 254 g/mol. The van der Waals surface area contributed by atoms with Crippen molar-refractivity contribution in [2.75, 3.05) is 0 Å². The van der Waals surface area contributed by atoms with Gasteiger partial charge in [-0.1, -0.05) is 47.3 Å². The standard InChI is InChI=1S/C15H15N3S/c1-15(2,19-12-8-4-3-5-9-12)18-14-11-7-6-10-13(14)16-17-18/h3-11H,1-2H3. The minimum atomic E-state index is -0.183. The third-order valence-corrected chi connectivity index (χ3v) is 4.15. The van der Waals surface area contributed by atoms with Crippen molar-refractivity contribution in [3.05, 3.63) is 54.6 Å². The minimum Gasteiger partial charge on any atom is -0.229 e. The van der Waals surface area contributed by atoms with Crippen LogP contribution in [0.15, 0.2) is 59.5 Å². The number of thioether (sulfide) groups is 1. The Bertz CT molecular complexity index is 689. The molecule has 0 bridgehead atoms. The lowest BCUT2D eigenvalue weighted by Crippen LogP contribution is -2.23. The van der Waals surface area contributed by atoms with Gasteiger partial charge in [-0.15, -0.1) is 5.10 Å². The molecule has 0 saturated heterocycles. The van der Waals surface area contributed by atoms with Crippen molar-refractivity contribution in [2.45, 2.75) is 23.6 Å². The molecule has 3 rings (SSSR count). The molecule has 0 amide bonds. The van der Waals surface area contributed by atoms with Gasteiger partial charge in [-0.2, -0.15) is 0 Å². The van der Waals surface area contributed by atoms with Crippen LogP contribution in [-0.4, -0.2) is 15.0 Å². The first kappa shape index (κ1) is 12.2. The lowest BCUT2D eigenvalue weighted by Gasteiger charge is -2.24. The van der Waals surface area contributed by atoms with E-state index in [0.717, 1.165) is 11.0 Å². The Morgan fingerprint density at radius 2 is 1.63 bits per heavy atom. The first-order chi connectivity index (χ1) is 9.17. The van der Waals surface area contributed by atoms with Gasteiger partial charge < -0.3 is 0 Å². The monoisotopic (exact) mass is 269 g/mol. The summed E-state index contributed by atoms with van der Waals surface area (Å²) in [5.74, 6) is 0. The van der Waals surface area contributed by atoms with Gasteiger partial charge in [0.05, 0.1) is 5.52 Å². The van der Waals surface area contributed by atoms with Crippen LogP contribution in [0.25, 0.3) is 11.0 Å². The molecule has 19 heavy (non-hydrogen) atoms. The van der Waals surface area contributed by atoms with E-state index in [0.29, 0.717) is 0 Å². The first-order valence-corrected chi connectivity index (χ1v) is 7.03. The Labute approximate surface area is 116 Å². The van der Waals surface area contributed by atoms with E-state index in [1.165, 1.54) is 4.90 Å². The topological polar surface area (TPSA) is 30.7 Å². The number of hydrogen-bond donors (Lipinski definition) is 0. The lowest BCUT2D eigenvalue weighted by molar-refractivity contribution is 0.478. The molecule has 0 spiro atoms. The summed E-state index contributed by atoms with van der Waals surface area (Å²) >= 11 is 1.78. The van der Waals surface area contributed by atoms with Crippen LogP contribution in [0.4, 0.5) is 0 Å². The summed E-state index contributed by atoms with van der Waals surface area (Å²) in [5, 5.41) is 8.54. The van der Waals surface area contributed by atoms with Gasteiger partial charge in [0.25, 0.3) is 0 Å². The zero-order chi connectivity index (χ0) is 13.3. The largest absolute Gasteiger partial charge is 0.229 e. The number of aromatic nitrogens is 3. The van der Waals surface area contributed by atoms with E-state index in [4.69, 9.17) is 0 Å². The van der Waals surface area contributed by atoms with Crippen LogP contribution in [0.1, 0.15) is 13.8 Å². The number of rotatable bonds is 3. The molecule has 4 heteroatoms. The van der Waals surface area contributed by atoms with Crippen molar-refractivity contribution >= 4 is 22.8 Å². The predicted octanol–water partition coefficient (Wildman–Crippen LogP) is 3.92. The molecule has 3 aromatic rings. The van der Waals surface area contributed by atoms with E-state index in [-0.39, 0.29) is 4.87 Å².